The Morgan fingerprint density at radius 1 is 0.855 bits per heavy atom. The molecule has 1 saturated heterocycles. The number of methoxy groups -OCH3 is 3. The molecule has 0 bridgehead atoms. The summed E-state index contributed by atoms with van der Waals surface area (Å²) < 4.78 is 45.6. The van der Waals surface area contributed by atoms with Gasteiger partial charge in [-0.2, -0.15) is 0 Å². The molecule has 7 rings (SSSR count). The number of pyridine rings is 1. The molecular formula is C42H42FN5O7. The zero-order chi connectivity index (χ0) is 38.5. The van der Waals surface area contributed by atoms with Crippen LogP contribution in [-0.2, 0) is 0 Å². The van der Waals surface area contributed by atoms with Gasteiger partial charge in [-0.1, -0.05) is 19.1 Å². The van der Waals surface area contributed by atoms with Gasteiger partial charge in [0.15, 0.2) is 28.8 Å². The predicted octanol–water partition coefficient (Wildman–Crippen LogP) is 7.64. The van der Waals surface area contributed by atoms with Crippen molar-refractivity contribution in [1.82, 2.24) is 19.4 Å². The molecule has 0 aliphatic carbocycles. The monoisotopic (exact) mass is 747 g/mol. The molecule has 12 nitrogen and oxygen atoms in total. The van der Waals surface area contributed by atoms with E-state index in [-0.39, 0.29) is 11.4 Å². The number of rotatable bonds is 13. The lowest BCUT2D eigenvalue weighted by Gasteiger charge is -2.30. The Morgan fingerprint density at radius 2 is 1.65 bits per heavy atom. The third-order valence-electron chi connectivity index (χ3n) is 9.75. The number of anilines is 1. The van der Waals surface area contributed by atoms with Crippen molar-refractivity contribution >= 4 is 33.5 Å². The molecule has 0 saturated carbocycles. The van der Waals surface area contributed by atoms with Crippen molar-refractivity contribution in [3.8, 4) is 40.2 Å². The van der Waals surface area contributed by atoms with Crippen LogP contribution in [0.5, 0.6) is 34.5 Å². The number of hydrogen-bond donors (Lipinski definition) is 1. The number of likely N-dealkylation sites (tertiary alicyclic amines) is 1. The summed E-state index contributed by atoms with van der Waals surface area (Å²) >= 11 is 0. The standard InChI is InChI=1S/C42H42FN5O7/c1-26-15-19-47(20-16-26)18-7-21-54-39-25-32-29(24-38(39)53-4)35(14-17-44-32)55-36-13-10-27(22-30(36)43)45-41(49)40-42(50)48(33-9-6-5-8-31(33)46-40)34-12-11-28(51-2)23-37(34)52-3/h5-6,8-14,17,22-26H,7,15-16,18-21H2,1-4H3,(H,45,49). The highest BCUT2D eigenvalue weighted by atomic mass is 19.1. The van der Waals surface area contributed by atoms with Gasteiger partial charge in [-0.15, -0.1) is 0 Å². The van der Waals surface area contributed by atoms with Crippen molar-refractivity contribution in [2.24, 2.45) is 5.92 Å². The molecular weight excluding hydrogens is 705 g/mol. The molecule has 0 radical (unpaired) electrons. The van der Waals surface area contributed by atoms with Crippen LogP contribution in [0, 0.1) is 11.7 Å². The average Bonchev–Trinajstić information content (AvgIpc) is 3.20. The first-order valence-corrected chi connectivity index (χ1v) is 18.1. The molecule has 55 heavy (non-hydrogen) atoms. The first-order valence-electron chi connectivity index (χ1n) is 18.1. The number of benzene rings is 4. The summed E-state index contributed by atoms with van der Waals surface area (Å²) in [5.41, 5.74) is 0.830. The Labute approximate surface area is 317 Å². The number of amides is 1. The van der Waals surface area contributed by atoms with Crippen molar-refractivity contribution in [1.29, 1.82) is 0 Å². The fourth-order valence-electron chi connectivity index (χ4n) is 6.70. The van der Waals surface area contributed by atoms with Crippen LogP contribution in [0.25, 0.3) is 27.6 Å². The molecule has 1 aliphatic rings. The minimum atomic E-state index is -0.823. The minimum absolute atomic E-state index is 0.0883. The Balaban J connectivity index is 1.09. The average molecular weight is 748 g/mol. The highest BCUT2D eigenvalue weighted by Gasteiger charge is 2.22. The van der Waals surface area contributed by atoms with E-state index in [9.17, 15) is 9.59 Å². The lowest BCUT2D eigenvalue weighted by Crippen LogP contribution is -2.34. The number of nitrogens with one attached hydrogen (secondary N) is 1. The third kappa shape index (κ3) is 8.02. The Kier molecular flexibility index (Phi) is 11.1. The summed E-state index contributed by atoms with van der Waals surface area (Å²) in [4.78, 5) is 38.8. The number of piperidine rings is 1. The van der Waals surface area contributed by atoms with E-state index in [1.807, 2.05) is 0 Å². The van der Waals surface area contributed by atoms with Crippen LogP contribution in [0.1, 0.15) is 36.7 Å². The molecule has 13 heteroatoms. The fraction of sp³-hybridized carbons (Fsp3) is 0.286. The van der Waals surface area contributed by atoms with Gasteiger partial charge >= 0.3 is 0 Å². The molecule has 3 heterocycles. The summed E-state index contributed by atoms with van der Waals surface area (Å²) in [5.74, 6) is 1.43. The van der Waals surface area contributed by atoms with Crippen molar-refractivity contribution in [2.45, 2.75) is 26.2 Å². The van der Waals surface area contributed by atoms with Gasteiger partial charge in [0.2, 0.25) is 0 Å². The van der Waals surface area contributed by atoms with Gasteiger partial charge in [-0.05, 0) is 86.8 Å². The van der Waals surface area contributed by atoms with Crippen LogP contribution in [0.4, 0.5) is 10.1 Å². The number of carbonyl (C=O) groups is 1. The summed E-state index contributed by atoms with van der Waals surface area (Å²) in [7, 11) is 4.56. The largest absolute Gasteiger partial charge is 0.497 e. The summed E-state index contributed by atoms with van der Waals surface area (Å²) in [6, 6.07) is 21.1. The molecule has 0 atom stereocenters. The van der Waals surface area contributed by atoms with Crippen molar-refractivity contribution in [2.75, 3.05) is 52.9 Å². The maximum absolute atomic E-state index is 15.6. The van der Waals surface area contributed by atoms with Crippen LogP contribution in [-0.4, -0.2) is 72.9 Å². The van der Waals surface area contributed by atoms with Crippen LogP contribution < -0.4 is 34.6 Å². The lowest BCUT2D eigenvalue weighted by molar-refractivity contribution is 0.102. The van der Waals surface area contributed by atoms with Crippen LogP contribution in [0.15, 0.2) is 89.9 Å². The third-order valence-corrected chi connectivity index (χ3v) is 9.75. The fourth-order valence-corrected chi connectivity index (χ4v) is 6.70. The highest BCUT2D eigenvalue weighted by Crippen LogP contribution is 2.38. The van der Waals surface area contributed by atoms with E-state index in [1.54, 1.807) is 74.0 Å². The first kappa shape index (κ1) is 37.1. The van der Waals surface area contributed by atoms with Crippen LogP contribution in [0.2, 0.25) is 0 Å². The summed E-state index contributed by atoms with van der Waals surface area (Å²) in [6.07, 6.45) is 4.92. The van der Waals surface area contributed by atoms with E-state index < -0.39 is 23.0 Å². The molecule has 4 aromatic carbocycles. The Morgan fingerprint density at radius 3 is 2.42 bits per heavy atom. The molecule has 0 spiro atoms. The quantitative estimate of drug-likeness (QED) is 0.118. The van der Waals surface area contributed by atoms with Crippen LogP contribution in [0.3, 0.4) is 0 Å². The zero-order valence-corrected chi connectivity index (χ0v) is 31.1. The van der Waals surface area contributed by atoms with Gasteiger partial charge in [-0.25, -0.2) is 9.37 Å². The van der Waals surface area contributed by atoms with E-state index in [4.69, 9.17) is 23.7 Å². The van der Waals surface area contributed by atoms with Gasteiger partial charge in [0.05, 0.1) is 50.2 Å². The molecule has 284 valence electrons. The van der Waals surface area contributed by atoms with Crippen LogP contribution >= 0.6 is 0 Å². The van der Waals surface area contributed by atoms with Gasteiger partial charge in [0.25, 0.3) is 11.5 Å². The Bertz CT molecular complexity index is 2410. The summed E-state index contributed by atoms with van der Waals surface area (Å²) in [6.45, 7) is 6.06. The van der Waals surface area contributed by atoms with E-state index in [0.717, 1.165) is 38.0 Å². The maximum atomic E-state index is 15.6. The first-order chi connectivity index (χ1) is 26.8. The molecule has 1 N–H and O–H groups in total. The molecule has 1 aliphatic heterocycles. The topological polar surface area (TPSA) is 126 Å². The molecule has 1 amide bonds. The second-order valence-electron chi connectivity index (χ2n) is 13.4. The van der Waals surface area contributed by atoms with Gasteiger partial charge < -0.3 is 33.9 Å². The molecule has 6 aromatic rings. The molecule has 0 unspecified atom stereocenters. The van der Waals surface area contributed by atoms with Gasteiger partial charge in [0, 0.05) is 42.0 Å². The lowest BCUT2D eigenvalue weighted by atomic mass is 9.99. The van der Waals surface area contributed by atoms with Gasteiger partial charge in [-0.3, -0.25) is 19.1 Å². The Hall–Kier alpha value is -6.21. The van der Waals surface area contributed by atoms with Crippen molar-refractivity contribution in [3.05, 3.63) is 107 Å². The maximum Gasteiger partial charge on any atom is 0.287 e. The second kappa shape index (κ2) is 16.4. The zero-order valence-electron chi connectivity index (χ0n) is 31.1. The van der Waals surface area contributed by atoms with E-state index in [1.165, 1.54) is 43.8 Å². The molecule has 1 fully saturated rings. The van der Waals surface area contributed by atoms with Crippen molar-refractivity contribution in [3.63, 3.8) is 0 Å². The number of halogens is 1. The number of nitrogens with zero attached hydrogens (tertiary/aromatic N) is 4. The van der Waals surface area contributed by atoms with E-state index >= 15 is 4.39 Å². The normalized spacial score (nSPS) is 13.5. The van der Waals surface area contributed by atoms with Gasteiger partial charge in [0.1, 0.15) is 17.2 Å². The number of aromatic nitrogens is 3. The number of fused-ring (bicyclic) bond motifs is 2. The smallest absolute Gasteiger partial charge is 0.287 e. The second-order valence-corrected chi connectivity index (χ2v) is 13.4. The van der Waals surface area contributed by atoms with E-state index in [0.29, 0.717) is 63.0 Å². The number of carbonyl (C=O) groups excluding carboxylic acids is 1. The highest BCUT2D eigenvalue weighted by molar-refractivity contribution is 6.03. The number of para-hydroxylation sites is 2. The predicted molar refractivity (Wildman–Crippen MR) is 208 cm³/mol. The number of hydrogen-bond acceptors (Lipinski definition) is 10. The molecule has 2 aromatic heterocycles. The summed E-state index contributed by atoms with van der Waals surface area (Å²) in [5, 5.41) is 3.20. The number of ether oxygens (including phenoxy) is 5. The van der Waals surface area contributed by atoms with E-state index in [2.05, 4.69) is 27.1 Å². The van der Waals surface area contributed by atoms with Crippen molar-refractivity contribution < 1.29 is 32.9 Å². The SMILES string of the molecule is COc1ccc(-n2c(=O)c(C(=O)Nc3ccc(Oc4ccnc5cc(OCCCN6CCC(C)CC6)c(OC)cc45)c(F)c3)nc3ccccc32)c(OC)c1. The minimum Gasteiger partial charge on any atom is -0.497 e.